The molecule has 3 rings (SSSR count). The van der Waals surface area contributed by atoms with E-state index >= 15 is 0 Å². The zero-order chi connectivity index (χ0) is 13.9. The fourth-order valence-corrected chi connectivity index (χ4v) is 4.99. The van der Waals surface area contributed by atoms with Gasteiger partial charge in [-0.3, -0.25) is 0 Å². The molecule has 2 atom stereocenters. The summed E-state index contributed by atoms with van der Waals surface area (Å²) in [6.45, 7) is 5.27. The number of nitrogens with zero attached hydrogens (tertiary/aromatic N) is 1. The largest absolute Gasteiger partial charge is 0.313 e. The molecular formula is C16H20N2S2. The molecule has 0 bridgehead atoms. The van der Waals surface area contributed by atoms with Crippen molar-refractivity contribution in [1.29, 1.82) is 0 Å². The lowest BCUT2D eigenvalue weighted by Gasteiger charge is -2.24. The van der Waals surface area contributed by atoms with E-state index in [1.165, 1.54) is 21.2 Å². The number of benzene rings is 1. The summed E-state index contributed by atoms with van der Waals surface area (Å²) in [5.74, 6) is 1.78. The van der Waals surface area contributed by atoms with Gasteiger partial charge in [0.2, 0.25) is 0 Å². The van der Waals surface area contributed by atoms with E-state index in [2.05, 4.69) is 53.8 Å². The van der Waals surface area contributed by atoms with E-state index in [-0.39, 0.29) is 0 Å². The summed E-state index contributed by atoms with van der Waals surface area (Å²) in [6.07, 6.45) is 1.03. The van der Waals surface area contributed by atoms with E-state index in [1.54, 1.807) is 11.3 Å². The normalized spacial score (nSPS) is 19.0. The van der Waals surface area contributed by atoms with Crippen LogP contribution < -0.4 is 5.32 Å². The van der Waals surface area contributed by atoms with E-state index in [4.69, 9.17) is 0 Å². The number of rotatable bonds is 5. The van der Waals surface area contributed by atoms with Crippen molar-refractivity contribution in [3.05, 3.63) is 45.9 Å². The molecule has 0 saturated heterocycles. The van der Waals surface area contributed by atoms with Crippen molar-refractivity contribution >= 4 is 23.1 Å². The van der Waals surface area contributed by atoms with Crippen molar-refractivity contribution in [3.8, 4) is 0 Å². The summed E-state index contributed by atoms with van der Waals surface area (Å²) in [6, 6.07) is 9.32. The van der Waals surface area contributed by atoms with Crippen LogP contribution >= 0.6 is 23.1 Å². The van der Waals surface area contributed by atoms with Gasteiger partial charge in [0, 0.05) is 40.1 Å². The Kier molecular flexibility index (Phi) is 4.44. The Morgan fingerprint density at radius 3 is 3.00 bits per heavy atom. The number of aryl methyl sites for hydroxylation is 1. The lowest BCUT2D eigenvalue weighted by molar-refractivity contribution is 0.462. The van der Waals surface area contributed by atoms with Crippen LogP contribution in [0.5, 0.6) is 0 Å². The van der Waals surface area contributed by atoms with Gasteiger partial charge in [-0.2, -0.15) is 0 Å². The quantitative estimate of drug-likeness (QED) is 0.908. The van der Waals surface area contributed by atoms with Gasteiger partial charge in [0.15, 0.2) is 0 Å². The number of hydrogen-bond donors (Lipinski definition) is 1. The Hall–Kier alpha value is -0.840. The van der Waals surface area contributed by atoms with Crippen molar-refractivity contribution in [1.82, 2.24) is 10.3 Å². The summed E-state index contributed by atoms with van der Waals surface area (Å²) in [5.41, 5.74) is 2.65. The second-order valence-corrected chi connectivity index (χ2v) is 7.21. The SMILES string of the molecule is CCNC(Cc1nc(C)cs1)C1CSc2ccccc21. The van der Waals surface area contributed by atoms with Crippen LogP contribution in [0.15, 0.2) is 34.5 Å². The highest BCUT2D eigenvalue weighted by Crippen LogP contribution is 2.41. The first-order valence-corrected chi connectivity index (χ1v) is 9.00. The molecule has 0 amide bonds. The molecule has 4 heteroatoms. The van der Waals surface area contributed by atoms with Crippen LogP contribution in [-0.2, 0) is 6.42 Å². The molecule has 2 aromatic rings. The van der Waals surface area contributed by atoms with Crippen molar-refractivity contribution in [2.45, 2.75) is 37.1 Å². The van der Waals surface area contributed by atoms with Crippen molar-refractivity contribution in [2.75, 3.05) is 12.3 Å². The monoisotopic (exact) mass is 304 g/mol. The third-order valence-corrected chi connectivity index (χ3v) is 5.95. The highest BCUT2D eigenvalue weighted by molar-refractivity contribution is 7.99. The van der Waals surface area contributed by atoms with Crippen LogP contribution in [0.3, 0.4) is 0 Å². The number of likely N-dealkylation sites (N-methyl/N-ethyl adjacent to an activating group) is 1. The standard InChI is InChI=1S/C16H20N2S2/c1-3-17-14(8-16-18-11(2)9-20-16)13-10-19-15-7-5-4-6-12(13)15/h4-7,9,13-14,17H,3,8,10H2,1-2H3. The fraction of sp³-hybridized carbons (Fsp3) is 0.438. The number of nitrogens with one attached hydrogen (secondary N) is 1. The minimum atomic E-state index is 0.488. The van der Waals surface area contributed by atoms with Crippen molar-refractivity contribution in [3.63, 3.8) is 0 Å². The Morgan fingerprint density at radius 2 is 2.25 bits per heavy atom. The number of thiazole rings is 1. The summed E-state index contributed by atoms with van der Waals surface area (Å²) in [7, 11) is 0. The molecule has 2 unspecified atom stereocenters. The first kappa shape index (κ1) is 14.1. The molecule has 2 nitrogen and oxygen atoms in total. The van der Waals surface area contributed by atoms with Crippen LogP contribution in [0.25, 0.3) is 0 Å². The second-order valence-electron chi connectivity index (χ2n) is 5.21. The van der Waals surface area contributed by atoms with E-state index < -0.39 is 0 Å². The van der Waals surface area contributed by atoms with Gasteiger partial charge in [-0.15, -0.1) is 23.1 Å². The maximum Gasteiger partial charge on any atom is 0.0943 e. The fourth-order valence-electron chi connectivity index (χ4n) is 2.82. The third kappa shape index (κ3) is 2.92. The molecule has 1 aromatic carbocycles. The Morgan fingerprint density at radius 1 is 1.40 bits per heavy atom. The first-order valence-electron chi connectivity index (χ1n) is 7.14. The highest BCUT2D eigenvalue weighted by atomic mass is 32.2. The Bertz CT molecular complexity index is 579. The summed E-state index contributed by atoms with van der Waals surface area (Å²) in [4.78, 5) is 6.09. The number of hydrogen-bond acceptors (Lipinski definition) is 4. The molecule has 0 saturated carbocycles. The number of fused-ring (bicyclic) bond motifs is 1. The van der Waals surface area contributed by atoms with E-state index in [9.17, 15) is 0 Å². The molecule has 1 N–H and O–H groups in total. The molecule has 0 fully saturated rings. The summed E-state index contributed by atoms with van der Waals surface area (Å²) in [5, 5.41) is 7.08. The average Bonchev–Trinajstić information content (AvgIpc) is 3.04. The highest BCUT2D eigenvalue weighted by Gasteiger charge is 2.30. The minimum Gasteiger partial charge on any atom is -0.313 e. The molecule has 20 heavy (non-hydrogen) atoms. The predicted molar refractivity (Wildman–Crippen MR) is 87.9 cm³/mol. The van der Waals surface area contributed by atoms with Crippen LogP contribution in [-0.4, -0.2) is 23.3 Å². The Balaban J connectivity index is 1.81. The average molecular weight is 304 g/mol. The zero-order valence-corrected chi connectivity index (χ0v) is 13.6. The van der Waals surface area contributed by atoms with E-state index in [1.807, 2.05) is 11.8 Å². The van der Waals surface area contributed by atoms with Gasteiger partial charge < -0.3 is 5.32 Å². The number of thioether (sulfide) groups is 1. The van der Waals surface area contributed by atoms with Crippen LogP contribution in [0.2, 0.25) is 0 Å². The molecule has 1 aliphatic heterocycles. The lowest BCUT2D eigenvalue weighted by atomic mass is 9.91. The van der Waals surface area contributed by atoms with Crippen LogP contribution in [0.1, 0.15) is 29.1 Å². The maximum atomic E-state index is 4.63. The molecule has 0 radical (unpaired) electrons. The second kappa shape index (κ2) is 6.29. The van der Waals surface area contributed by atoms with Gasteiger partial charge in [0.05, 0.1) is 5.01 Å². The predicted octanol–water partition coefficient (Wildman–Crippen LogP) is 3.86. The lowest BCUT2D eigenvalue weighted by Crippen LogP contribution is -2.37. The van der Waals surface area contributed by atoms with Gasteiger partial charge in [-0.05, 0) is 25.1 Å². The molecule has 1 aliphatic rings. The van der Waals surface area contributed by atoms with Gasteiger partial charge in [0.25, 0.3) is 0 Å². The summed E-state index contributed by atoms with van der Waals surface area (Å²) >= 11 is 3.77. The van der Waals surface area contributed by atoms with Crippen LogP contribution in [0, 0.1) is 6.92 Å². The smallest absolute Gasteiger partial charge is 0.0943 e. The van der Waals surface area contributed by atoms with Gasteiger partial charge >= 0.3 is 0 Å². The van der Waals surface area contributed by atoms with Crippen molar-refractivity contribution in [2.24, 2.45) is 0 Å². The summed E-state index contributed by atoms with van der Waals surface area (Å²) < 4.78 is 0. The first-order chi connectivity index (χ1) is 9.78. The Labute approximate surface area is 129 Å². The van der Waals surface area contributed by atoms with Crippen molar-refractivity contribution < 1.29 is 0 Å². The molecule has 1 aromatic heterocycles. The molecule has 2 heterocycles. The third-order valence-electron chi connectivity index (χ3n) is 3.75. The van der Waals surface area contributed by atoms with Crippen LogP contribution in [0.4, 0.5) is 0 Å². The van der Waals surface area contributed by atoms with Gasteiger partial charge in [-0.1, -0.05) is 25.1 Å². The number of aromatic nitrogens is 1. The molecule has 0 aliphatic carbocycles. The zero-order valence-electron chi connectivity index (χ0n) is 11.9. The topological polar surface area (TPSA) is 24.9 Å². The van der Waals surface area contributed by atoms with Gasteiger partial charge in [-0.25, -0.2) is 4.98 Å². The van der Waals surface area contributed by atoms with Gasteiger partial charge in [0.1, 0.15) is 0 Å². The van der Waals surface area contributed by atoms with E-state index in [0.717, 1.165) is 18.7 Å². The molecule has 106 valence electrons. The maximum absolute atomic E-state index is 4.63. The van der Waals surface area contributed by atoms with E-state index in [0.29, 0.717) is 12.0 Å². The minimum absolute atomic E-state index is 0.488. The molecular weight excluding hydrogens is 284 g/mol. The molecule has 0 spiro atoms.